The highest BCUT2D eigenvalue weighted by atomic mass is 19.1. The Kier molecular flexibility index (Phi) is 3.47. The number of rotatable bonds is 1. The van der Waals surface area contributed by atoms with E-state index in [2.05, 4.69) is 0 Å². The van der Waals surface area contributed by atoms with Gasteiger partial charge >= 0.3 is 6.09 Å². The third kappa shape index (κ3) is 2.29. The van der Waals surface area contributed by atoms with Crippen LogP contribution < -0.4 is 0 Å². The van der Waals surface area contributed by atoms with E-state index >= 15 is 0 Å². The fourth-order valence-electron chi connectivity index (χ4n) is 2.70. The summed E-state index contributed by atoms with van der Waals surface area (Å²) < 4.78 is 14.5. The van der Waals surface area contributed by atoms with Gasteiger partial charge in [0.1, 0.15) is 0 Å². The van der Waals surface area contributed by atoms with Crippen molar-refractivity contribution in [3.63, 3.8) is 0 Å². The molecular formula is C11H20FNO3. The zero-order chi connectivity index (χ0) is 12.6. The summed E-state index contributed by atoms with van der Waals surface area (Å²) in [4.78, 5) is 12.2. The third-order valence-electron chi connectivity index (χ3n) is 3.12. The lowest BCUT2D eigenvalue weighted by molar-refractivity contribution is -0.0829. The van der Waals surface area contributed by atoms with Crippen molar-refractivity contribution in [2.45, 2.75) is 45.3 Å². The topological polar surface area (TPSA) is 60.8 Å². The summed E-state index contributed by atoms with van der Waals surface area (Å²) in [6, 6.07) is -0.795. The maximum absolute atomic E-state index is 14.5. The number of likely N-dealkylation sites (tertiary alicyclic amines) is 1. The first-order valence-corrected chi connectivity index (χ1v) is 5.52. The highest BCUT2D eigenvalue weighted by Crippen LogP contribution is 2.40. The molecular weight excluding hydrogens is 213 g/mol. The van der Waals surface area contributed by atoms with E-state index in [4.69, 9.17) is 5.11 Å². The molecule has 1 aliphatic heterocycles. The molecule has 4 nitrogen and oxygen atoms in total. The molecule has 1 rings (SSSR count). The number of hydrogen-bond acceptors (Lipinski definition) is 2. The molecule has 16 heavy (non-hydrogen) atoms. The average molecular weight is 233 g/mol. The van der Waals surface area contributed by atoms with Crippen molar-refractivity contribution >= 4 is 6.09 Å². The van der Waals surface area contributed by atoms with Gasteiger partial charge in [0, 0.05) is 6.54 Å². The van der Waals surface area contributed by atoms with Crippen LogP contribution in [0.4, 0.5) is 9.18 Å². The van der Waals surface area contributed by atoms with Crippen molar-refractivity contribution in [3.05, 3.63) is 0 Å². The molecule has 1 fully saturated rings. The number of aliphatic hydroxyl groups is 1. The van der Waals surface area contributed by atoms with E-state index in [0.29, 0.717) is 13.0 Å². The van der Waals surface area contributed by atoms with E-state index in [1.165, 1.54) is 0 Å². The number of alkyl halides is 1. The van der Waals surface area contributed by atoms with Gasteiger partial charge in [-0.2, -0.15) is 0 Å². The molecule has 1 aliphatic rings. The quantitative estimate of drug-likeness (QED) is 0.727. The summed E-state index contributed by atoms with van der Waals surface area (Å²) >= 11 is 0. The first-order chi connectivity index (χ1) is 7.22. The normalized spacial score (nSPS) is 31.6. The molecule has 1 saturated heterocycles. The Morgan fingerprint density at radius 3 is 2.50 bits per heavy atom. The average Bonchev–Trinajstić information content (AvgIpc) is 2.15. The predicted octanol–water partition coefficient (Wildman–Crippen LogP) is 1.88. The highest BCUT2D eigenvalue weighted by molar-refractivity contribution is 5.66. The number of carbonyl (C=O) groups is 1. The zero-order valence-corrected chi connectivity index (χ0v) is 10.0. The predicted molar refractivity (Wildman–Crippen MR) is 58.1 cm³/mol. The van der Waals surface area contributed by atoms with E-state index in [1.807, 2.05) is 0 Å². The number of piperidine rings is 1. The molecule has 0 aromatic heterocycles. The number of carboxylic acid groups (broad SMARTS) is 1. The van der Waals surface area contributed by atoms with Gasteiger partial charge in [0.25, 0.3) is 0 Å². The van der Waals surface area contributed by atoms with Crippen molar-refractivity contribution in [1.29, 1.82) is 0 Å². The largest absolute Gasteiger partial charge is 0.465 e. The Morgan fingerprint density at radius 1 is 1.56 bits per heavy atom. The van der Waals surface area contributed by atoms with Gasteiger partial charge in [-0.1, -0.05) is 20.8 Å². The van der Waals surface area contributed by atoms with Crippen molar-refractivity contribution in [1.82, 2.24) is 4.90 Å². The van der Waals surface area contributed by atoms with E-state index in [0.717, 1.165) is 4.90 Å². The van der Waals surface area contributed by atoms with Crippen LogP contribution in [0.5, 0.6) is 0 Å². The fourth-order valence-corrected chi connectivity index (χ4v) is 2.70. The van der Waals surface area contributed by atoms with Crippen LogP contribution in [0.1, 0.15) is 33.6 Å². The Bertz CT molecular complexity index is 277. The molecule has 0 saturated carbocycles. The summed E-state index contributed by atoms with van der Waals surface area (Å²) in [5.74, 6) is 0. The highest BCUT2D eigenvalue weighted by Gasteiger charge is 2.52. The van der Waals surface area contributed by atoms with Gasteiger partial charge < -0.3 is 15.1 Å². The molecule has 1 amide bonds. The lowest BCUT2D eigenvalue weighted by Gasteiger charge is -2.49. The molecule has 0 aromatic carbocycles. The van der Waals surface area contributed by atoms with Crippen molar-refractivity contribution in [2.75, 3.05) is 13.2 Å². The first kappa shape index (κ1) is 13.2. The standard InChI is InChI=1S/C11H20FNO3/c1-10(2,3)8-11(12,7-14)5-4-6-13(8)9(15)16/h8,14H,4-7H2,1-3H3,(H,15,16). The molecule has 2 unspecified atom stereocenters. The van der Waals surface area contributed by atoms with Crippen LogP contribution in [-0.4, -0.2) is 46.1 Å². The van der Waals surface area contributed by atoms with Gasteiger partial charge in [-0.15, -0.1) is 0 Å². The fraction of sp³-hybridized carbons (Fsp3) is 0.909. The van der Waals surface area contributed by atoms with Crippen LogP contribution in [0.3, 0.4) is 0 Å². The Balaban J connectivity index is 3.09. The summed E-state index contributed by atoms with van der Waals surface area (Å²) in [5.41, 5.74) is -2.36. The summed E-state index contributed by atoms with van der Waals surface area (Å²) in [6.07, 6.45) is -0.444. The molecule has 1 heterocycles. The van der Waals surface area contributed by atoms with Gasteiger partial charge in [-0.3, -0.25) is 0 Å². The molecule has 2 atom stereocenters. The van der Waals surface area contributed by atoms with Crippen LogP contribution >= 0.6 is 0 Å². The van der Waals surface area contributed by atoms with Crippen LogP contribution in [0, 0.1) is 5.41 Å². The molecule has 94 valence electrons. The van der Waals surface area contributed by atoms with Crippen LogP contribution in [0.15, 0.2) is 0 Å². The number of nitrogens with zero attached hydrogens (tertiary/aromatic N) is 1. The number of aliphatic hydroxyl groups excluding tert-OH is 1. The minimum Gasteiger partial charge on any atom is -0.465 e. The van der Waals surface area contributed by atoms with Gasteiger partial charge in [-0.25, -0.2) is 9.18 Å². The van der Waals surface area contributed by atoms with Crippen molar-refractivity contribution < 1.29 is 19.4 Å². The second kappa shape index (κ2) is 4.20. The van der Waals surface area contributed by atoms with Crippen LogP contribution in [0.2, 0.25) is 0 Å². The van der Waals surface area contributed by atoms with Gasteiger partial charge in [0.05, 0.1) is 12.6 Å². The van der Waals surface area contributed by atoms with Gasteiger partial charge in [0.2, 0.25) is 0 Å². The SMILES string of the molecule is CC(C)(C)C1N(C(=O)O)CCCC1(F)CO. The monoisotopic (exact) mass is 233 g/mol. The minimum absolute atomic E-state index is 0.217. The molecule has 2 N–H and O–H groups in total. The van der Waals surface area contributed by atoms with Crippen LogP contribution in [0.25, 0.3) is 0 Å². The number of halogens is 1. The smallest absolute Gasteiger partial charge is 0.407 e. The second-order valence-electron chi connectivity index (χ2n) is 5.54. The molecule has 0 aliphatic carbocycles. The van der Waals surface area contributed by atoms with Gasteiger partial charge in [-0.05, 0) is 18.3 Å². The maximum Gasteiger partial charge on any atom is 0.407 e. The Labute approximate surface area is 95.1 Å². The molecule has 0 bridgehead atoms. The van der Waals surface area contributed by atoms with Crippen molar-refractivity contribution in [3.8, 4) is 0 Å². The summed E-state index contributed by atoms with van der Waals surface area (Å²) in [5, 5.41) is 18.3. The van der Waals surface area contributed by atoms with Crippen LogP contribution in [-0.2, 0) is 0 Å². The number of amides is 1. The minimum atomic E-state index is -1.82. The first-order valence-electron chi connectivity index (χ1n) is 5.52. The Morgan fingerprint density at radius 2 is 2.12 bits per heavy atom. The Hall–Kier alpha value is -0.840. The second-order valence-corrected chi connectivity index (χ2v) is 5.54. The molecule has 0 spiro atoms. The van der Waals surface area contributed by atoms with Gasteiger partial charge in [0.15, 0.2) is 5.67 Å². The van der Waals surface area contributed by atoms with E-state index < -0.39 is 29.8 Å². The summed E-state index contributed by atoms with van der Waals surface area (Å²) in [7, 11) is 0. The number of hydrogen-bond donors (Lipinski definition) is 2. The van der Waals surface area contributed by atoms with Crippen molar-refractivity contribution in [2.24, 2.45) is 5.41 Å². The zero-order valence-electron chi connectivity index (χ0n) is 10.0. The van der Waals surface area contributed by atoms with E-state index in [1.54, 1.807) is 20.8 Å². The molecule has 0 radical (unpaired) electrons. The summed E-state index contributed by atoms with van der Waals surface area (Å²) in [6.45, 7) is 5.09. The lowest BCUT2D eigenvalue weighted by Crippen LogP contribution is -2.62. The maximum atomic E-state index is 14.5. The molecule has 5 heteroatoms. The van der Waals surface area contributed by atoms with E-state index in [-0.39, 0.29) is 6.42 Å². The van der Waals surface area contributed by atoms with E-state index in [9.17, 15) is 14.3 Å². The molecule has 0 aromatic rings. The lowest BCUT2D eigenvalue weighted by atomic mass is 9.72. The third-order valence-corrected chi connectivity index (χ3v) is 3.12.